The quantitative estimate of drug-likeness (QED) is 0.309. The highest BCUT2D eigenvalue weighted by Gasteiger charge is 2.24. The van der Waals surface area contributed by atoms with E-state index in [4.69, 9.17) is 19.4 Å². The lowest BCUT2D eigenvalue weighted by Gasteiger charge is -2.36. The predicted molar refractivity (Wildman–Crippen MR) is 156 cm³/mol. The standard InChI is InChI=1S/C30H32FN5O5S/c1-19-17-36(18-20(2)41-19)29-13-23(31)12-28(35-29)26-8-7-22-15-32-24(14-27(22)34-26)16-33-30(37)21-5-4-6-25(11-21)42(38,39)10-9-40-3/h4-8,11-15,19-20H,9-10,16-18H2,1-3H3,(H,33,37)/t19-,20+. The van der Waals surface area contributed by atoms with Crippen LogP contribution in [0.4, 0.5) is 10.2 Å². The van der Waals surface area contributed by atoms with Gasteiger partial charge >= 0.3 is 0 Å². The molecule has 0 radical (unpaired) electrons. The zero-order chi connectivity index (χ0) is 29.9. The van der Waals surface area contributed by atoms with Gasteiger partial charge in [-0.2, -0.15) is 0 Å². The summed E-state index contributed by atoms with van der Waals surface area (Å²) in [6.45, 7) is 5.34. The molecule has 0 bridgehead atoms. The number of hydrogen-bond acceptors (Lipinski definition) is 9. The minimum atomic E-state index is -3.58. The summed E-state index contributed by atoms with van der Waals surface area (Å²) in [6.07, 6.45) is 1.66. The third kappa shape index (κ3) is 6.89. The molecular weight excluding hydrogens is 561 g/mol. The molecule has 5 rings (SSSR count). The van der Waals surface area contributed by atoms with Crippen LogP contribution in [0.15, 0.2) is 65.7 Å². The molecule has 1 fully saturated rings. The van der Waals surface area contributed by atoms with E-state index in [0.717, 1.165) is 5.39 Å². The molecule has 220 valence electrons. The second-order valence-electron chi connectivity index (χ2n) is 10.3. The molecule has 0 aliphatic carbocycles. The van der Waals surface area contributed by atoms with Crippen molar-refractivity contribution in [2.45, 2.75) is 37.5 Å². The van der Waals surface area contributed by atoms with Crippen molar-refractivity contribution in [1.29, 1.82) is 0 Å². The number of pyridine rings is 3. The largest absolute Gasteiger partial charge is 0.384 e. The fourth-order valence-electron chi connectivity index (χ4n) is 4.85. The van der Waals surface area contributed by atoms with Gasteiger partial charge in [0, 0.05) is 49.5 Å². The van der Waals surface area contributed by atoms with Gasteiger partial charge in [0.25, 0.3) is 5.91 Å². The molecular formula is C30H32FN5O5S. The third-order valence-electron chi connectivity index (χ3n) is 6.85. The number of halogens is 1. The molecule has 0 unspecified atom stereocenters. The number of morpholine rings is 1. The number of sulfone groups is 1. The smallest absolute Gasteiger partial charge is 0.251 e. The lowest BCUT2D eigenvalue weighted by atomic mass is 10.1. The molecule has 0 saturated carbocycles. The predicted octanol–water partition coefficient (Wildman–Crippen LogP) is 3.79. The maximum Gasteiger partial charge on any atom is 0.251 e. The fourth-order valence-corrected chi connectivity index (χ4v) is 6.07. The lowest BCUT2D eigenvalue weighted by Crippen LogP contribution is -2.45. The summed E-state index contributed by atoms with van der Waals surface area (Å²) < 4.78 is 50.3. The van der Waals surface area contributed by atoms with Crippen LogP contribution in [-0.2, 0) is 25.9 Å². The van der Waals surface area contributed by atoms with Crippen molar-refractivity contribution in [3.05, 3.63) is 77.9 Å². The molecule has 4 aromatic rings. The van der Waals surface area contributed by atoms with E-state index < -0.39 is 21.6 Å². The number of nitrogens with zero attached hydrogens (tertiary/aromatic N) is 4. The lowest BCUT2D eigenvalue weighted by molar-refractivity contribution is -0.00547. The Morgan fingerprint density at radius 1 is 1.07 bits per heavy atom. The third-order valence-corrected chi connectivity index (χ3v) is 8.53. The summed E-state index contributed by atoms with van der Waals surface area (Å²) in [7, 11) is -2.15. The number of nitrogens with one attached hydrogen (secondary N) is 1. The number of anilines is 1. The van der Waals surface area contributed by atoms with E-state index in [9.17, 15) is 17.6 Å². The van der Waals surface area contributed by atoms with Gasteiger partial charge in [0.15, 0.2) is 9.84 Å². The van der Waals surface area contributed by atoms with Crippen LogP contribution in [0.5, 0.6) is 0 Å². The number of aromatic nitrogens is 3. The molecule has 2 atom stereocenters. The van der Waals surface area contributed by atoms with Crippen LogP contribution in [0, 0.1) is 5.82 Å². The van der Waals surface area contributed by atoms with Crippen LogP contribution in [0.1, 0.15) is 29.9 Å². The summed E-state index contributed by atoms with van der Waals surface area (Å²) in [5, 5.41) is 3.55. The second kappa shape index (κ2) is 12.5. The SMILES string of the molecule is COCCS(=O)(=O)c1cccc(C(=O)NCc2cc3nc(-c4cc(F)cc(N5C[C@@H](C)O[C@@H](C)C5)n4)ccc3cn2)c1. The van der Waals surface area contributed by atoms with Crippen LogP contribution >= 0.6 is 0 Å². The first-order valence-electron chi connectivity index (χ1n) is 13.6. The summed E-state index contributed by atoms with van der Waals surface area (Å²) in [4.78, 5) is 28.7. The zero-order valence-electron chi connectivity index (χ0n) is 23.6. The number of rotatable bonds is 9. The second-order valence-corrected chi connectivity index (χ2v) is 12.4. The van der Waals surface area contributed by atoms with E-state index in [2.05, 4.69) is 10.3 Å². The summed E-state index contributed by atoms with van der Waals surface area (Å²) >= 11 is 0. The zero-order valence-corrected chi connectivity index (χ0v) is 24.4. The summed E-state index contributed by atoms with van der Waals surface area (Å²) in [5.74, 6) is -0.492. The Balaban J connectivity index is 1.33. The number of carbonyl (C=O) groups is 1. The van der Waals surface area contributed by atoms with E-state index in [1.165, 1.54) is 37.4 Å². The first-order valence-corrected chi connectivity index (χ1v) is 15.2. The van der Waals surface area contributed by atoms with Gasteiger partial charge in [0.05, 0.1) is 58.6 Å². The minimum Gasteiger partial charge on any atom is -0.384 e. The minimum absolute atomic E-state index is 0.00495. The van der Waals surface area contributed by atoms with Gasteiger partial charge in [-0.3, -0.25) is 9.78 Å². The van der Waals surface area contributed by atoms with Crippen molar-refractivity contribution in [3.8, 4) is 11.4 Å². The van der Waals surface area contributed by atoms with Crippen LogP contribution in [-0.4, -0.2) is 74.0 Å². The number of hydrogen-bond donors (Lipinski definition) is 1. The maximum atomic E-state index is 14.7. The molecule has 1 aliphatic heterocycles. The van der Waals surface area contributed by atoms with Gasteiger partial charge in [-0.15, -0.1) is 0 Å². The normalized spacial score (nSPS) is 17.4. The van der Waals surface area contributed by atoms with Gasteiger partial charge in [-0.25, -0.2) is 22.8 Å². The van der Waals surface area contributed by atoms with Crippen molar-refractivity contribution >= 4 is 32.5 Å². The van der Waals surface area contributed by atoms with Crippen molar-refractivity contribution in [2.24, 2.45) is 0 Å². The van der Waals surface area contributed by atoms with Crippen molar-refractivity contribution in [2.75, 3.05) is 37.5 Å². The fraction of sp³-hybridized carbons (Fsp3) is 0.333. The monoisotopic (exact) mass is 593 g/mol. The Kier molecular flexibility index (Phi) is 8.76. The molecule has 4 heterocycles. The molecule has 1 saturated heterocycles. The Morgan fingerprint density at radius 2 is 1.86 bits per heavy atom. The molecule has 0 spiro atoms. The van der Waals surface area contributed by atoms with E-state index in [1.807, 2.05) is 24.8 Å². The Labute approximate surface area is 243 Å². The molecule has 10 nitrogen and oxygen atoms in total. The van der Waals surface area contributed by atoms with Crippen LogP contribution < -0.4 is 10.2 Å². The van der Waals surface area contributed by atoms with E-state index in [0.29, 0.717) is 41.5 Å². The summed E-state index contributed by atoms with van der Waals surface area (Å²) in [6, 6.07) is 14.0. The van der Waals surface area contributed by atoms with Crippen LogP contribution in [0.2, 0.25) is 0 Å². The van der Waals surface area contributed by atoms with Crippen molar-refractivity contribution < 1.29 is 27.1 Å². The highest BCUT2D eigenvalue weighted by Crippen LogP contribution is 2.26. The highest BCUT2D eigenvalue weighted by atomic mass is 32.2. The average Bonchev–Trinajstić information content (AvgIpc) is 2.97. The van der Waals surface area contributed by atoms with E-state index >= 15 is 0 Å². The number of amides is 1. The number of benzene rings is 1. The first-order chi connectivity index (χ1) is 20.1. The molecule has 1 amide bonds. The molecule has 1 N–H and O–H groups in total. The molecule has 3 aromatic heterocycles. The highest BCUT2D eigenvalue weighted by molar-refractivity contribution is 7.91. The average molecular weight is 594 g/mol. The van der Waals surface area contributed by atoms with Gasteiger partial charge in [0.2, 0.25) is 0 Å². The summed E-state index contributed by atoms with van der Waals surface area (Å²) in [5.41, 5.74) is 2.29. The van der Waals surface area contributed by atoms with Gasteiger partial charge in [-0.1, -0.05) is 6.07 Å². The topological polar surface area (TPSA) is 124 Å². The first kappa shape index (κ1) is 29.5. The van der Waals surface area contributed by atoms with Crippen LogP contribution in [0.3, 0.4) is 0 Å². The number of carbonyl (C=O) groups excluding carboxylic acids is 1. The van der Waals surface area contributed by atoms with E-state index in [-0.39, 0.29) is 41.6 Å². The number of methoxy groups -OCH3 is 1. The molecule has 1 aliphatic rings. The Morgan fingerprint density at radius 3 is 2.62 bits per heavy atom. The number of fused-ring (bicyclic) bond motifs is 1. The van der Waals surface area contributed by atoms with E-state index in [1.54, 1.807) is 24.4 Å². The maximum absolute atomic E-state index is 14.7. The molecule has 42 heavy (non-hydrogen) atoms. The van der Waals surface area contributed by atoms with Crippen LogP contribution in [0.25, 0.3) is 22.3 Å². The van der Waals surface area contributed by atoms with Gasteiger partial charge in [-0.05, 0) is 50.2 Å². The van der Waals surface area contributed by atoms with Crippen molar-refractivity contribution in [1.82, 2.24) is 20.3 Å². The van der Waals surface area contributed by atoms with Gasteiger partial charge < -0.3 is 19.7 Å². The molecule has 12 heteroatoms. The van der Waals surface area contributed by atoms with Crippen molar-refractivity contribution in [3.63, 3.8) is 0 Å². The Hall–Kier alpha value is -4.00. The number of ether oxygens (including phenoxy) is 2. The molecule has 1 aromatic carbocycles. The Bertz CT molecular complexity index is 1710. The van der Waals surface area contributed by atoms with Gasteiger partial charge in [0.1, 0.15) is 11.6 Å².